The number of aromatic nitrogens is 2. The van der Waals surface area contributed by atoms with Gasteiger partial charge in [-0.2, -0.15) is 4.98 Å². The predicted octanol–water partition coefficient (Wildman–Crippen LogP) is 3.91. The van der Waals surface area contributed by atoms with E-state index in [-0.39, 0.29) is 12.2 Å². The predicted molar refractivity (Wildman–Crippen MR) is 77.5 cm³/mol. The number of hydrogen-bond acceptors (Lipinski definition) is 4. The standard InChI is InChI=1S/C16H26N2O2/c1-4-12-6-5-7-13(9-12)16-17-15(20-18-16)10-14(19)8-11(2)3/h11-13H,4-10H2,1-3H3. The number of carbonyl (C=O) groups excluding carboxylic acids is 1. The van der Waals surface area contributed by atoms with Crippen molar-refractivity contribution < 1.29 is 9.32 Å². The van der Waals surface area contributed by atoms with Gasteiger partial charge in [-0.25, -0.2) is 0 Å². The van der Waals surface area contributed by atoms with E-state index >= 15 is 0 Å². The number of carbonyl (C=O) groups is 1. The van der Waals surface area contributed by atoms with Gasteiger partial charge in [0.1, 0.15) is 5.78 Å². The Morgan fingerprint density at radius 1 is 1.40 bits per heavy atom. The van der Waals surface area contributed by atoms with Gasteiger partial charge in [0.15, 0.2) is 5.82 Å². The van der Waals surface area contributed by atoms with Gasteiger partial charge in [-0.05, 0) is 24.7 Å². The van der Waals surface area contributed by atoms with Crippen LogP contribution in [0, 0.1) is 11.8 Å². The van der Waals surface area contributed by atoms with Crippen molar-refractivity contribution in [3.05, 3.63) is 11.7 Å². The van der Waals surface area contributed by atoms with Gasteiger partial charge < -0.3 is 4.52 Å². The van der Waals surface area contributed by atoms with Gasteiger partial charge in [0.25, 0.3) is 0 Å². The normalized spacial score (nSPS) is 23.2. The van der Waals surface area contributed by atoms with E-state index in [1.807, 2.05) is 13.8 Å². The molecule has 1 fully saturated rings. The molecule has 1 aliphatic carbocycles. The summed E-state index contributed by atoms with van der Waals surface area (Å²) in [5.41, 5.74) is 0. The summed E-state index contributed by atoms with van der Waals surface area (Å²) in [6, 6.07) is 0. The largest absolute Gasteiger partial charge is 0.339 e. The van der Waals surface area contributed by atoms with Crippen molar-refractivity contribution in [3.8, 4) is 0 Å². The molecule has 0 aliphatic heterocycles. The summed E-state index contributed by atoms with van der Waals surface area (Å²) in [6.07, 6.45) is 6.98. The number of Topliss-reactive ketones (excluding diaryl/α,β-unsaturated/α-hetero) is 1. The summed E-state index contributed by atoms with van der Waals surface area (Å²) < 4.78 is 5.26. The van der Waals surface area contributed by atoms with Gasteiger partial charge in [0.05, 0.1) is 6.42 Å². The lowest BCUT2D eigenvalue weighted by Gasteiger charge is -2.26. The molecule has 2 atom stereocenters. The minimum Gasteiger partial charge on any atom is -0.339 e. The van der Waals surface area contributed by atoms with Crippen molar-refractivity contribution >= 4 is 5.78 Å². The van der Waals surface area contributed by atoms with Crippen LogP contribution >= 0.6 is 0 Å². The average Bonchev–Trinajstić information content (AvgIpc) is 2.86. The van der Waals surface area contributed by atoms with E-state index in [4.69, 9.17) is 4.52 Å². The molecule has 1 aliphatic rings. The van der Waals surface area contributed by atoms with Gasteiger partial charge >= 0.3 is 0 Å². The first kappa shape index (κ1) is 15.2. The fourth-order valence-electron chi connectivity index (χ4n) is 3.10. The van der Waals surface area contributed by atoms with Crippen LogP contribution in [0.4, 0.5) is 0 Å². The van der Waals surface area contributed by atoms with Crippen molar-refractivity contribution in [3.63, 3.8) is 0 Å². The minimum absolute atomic E-state index is 0.185. The lowest BCUT2D eigenvalue weighted by Crippen LogP contribution is -2.14. The maximum Gasteiger partial charge on any atom is 0.234 e. The van der Waals surface area contributed by atoms with Gasteiger partial charge in [0, 0.05) is 12.3 Å². The third-order valence-electron chi connectivity index (χ3n) is 4.19. The first-order valence-electron chi connectivity index (χ1n) is 7.92. The number of nitrogens with zero attached hydrogens (tertiary/aromatic N) is 2. The molecule has 4 heteroatoms. The fourth-order valence-corrected chi connectivity index (χ4v) is 3.10. The summed E-state index contributed by atoms with van der Waals surface area (Å²) in [4.78, 5) is 16.2. The van der Waals surface area contributed by atoms with E-state index < -0.39 is 0 Å². The number of rotatable bonds is 6. The zero-order chi connectivity index (χ0) is 14.5. The zero-order valence-corrected chi connectivity index (χ0v) is 12.9. The first-order chi connectivity index (χ1) is 9.58. The van der Waals surface area contributed by atoms with Crippen LogP contribution in [0.2, 0.25) is 0 Å². The van der Waals surface area contributed by atoms with Crippen molar-refractivity contribution in [2.24, 2.45) is 11.8 Å². The van der Waals surface area contributed by atoms with Crippen LogP contribution in [0.3, 0.4) is 0 Å². The maximum absolute atomic E-state index is 11.8. The van der Waals surface area contributed by atoms with Crippen LogP contribution in [-0.2, 0) is 11.2 Å². The third kappa shape index (κ3) is 4.15. The fraction of sp³-hybridized carbons (Fsp3) is 0.812. The molecule has 20 heavy (non-hydrogen) atoms. The van der Waals surface area contributed by atoms with E-state index in [9.17, 15) is 4.79 Å². The number of ketones is 1. The van der Waals surface area contributed by atoms with E-state index in [0.717, 1.165) is 24.6 Å². The van der Waals surface area contributed by atoms with Crippen LogP contribution in [0.5, 0.6) is 0 Å². The van der Waals surface area contributed by atoms with Gasteiger partial charge in [0.2, 0.25) is 5.89 Å². The molecule has 2 rings (SSSR count). The average molecular weight is 278 g/mol. The van der Waals surface area contributed by atoms with Gasteiger partial charge in [-0.1, -0.05) is 45.2 Å². The van der Waals surface area contributed by atoms with Crippen LogP contribution in [-0.4, -0.2) is 15.9 Å². The molecule has 0 aromatic carbocycles. The summed E-state index contributed by atoms with van der Waals surface area (Å²) in [5, 5.41) is 4.10. The van der Waals surface area contributed by atoms with Crippen LogP contribution < -0.4 is 0 Å². The monoisotopic (exact) mass is 278 g/mol. The van der Waals surface area contributed by atoms with E-state index in [1.54, 1.807) is 0 Å². The Bertz CT molecular complexity index is 439. The maximum atomic E-state index is 11.8. The van der Waals surface area contributed by atoms with Crippen LogP contribution in [0.15, 0.2) is 4.52 Å². The van der Waals surface area contributed by atoms with E-state index in [0.29, 0.717) is 24.1 Å². The quantitative estimate of drug-likeness (QED) is 0.791. The van der Waals surface area contributed by atoms with Gasteiger partial charge in [-0.3, -0.25) is 4.79 Å². The van der Waals surface area contributed by atoms with Crippen molar-refractivity contribution in [2.45, 2.75) is 71.6 Å². The Morgan fingerprint density at radius 3 is 2.90 bits per heavy atom. The summed E-state index contributed by atoms with van der Waals surface area (Å²) in [5.74, 6) is 3.09. The molecule has 1 heterocycles. The van der Waals surface area contributed by atoms with Gasteiger partial charge in [-0.15, -0.1) is 0 Å². The summed E-state index contributed by atoms with van der Waals surface area (Å²) in [7, 11) is 0. The zero-order valence-electron chi connectivity index (χ0n) is 12.9. The molecular weight excluding hydrogens is 252 g/mol. The van der Waals surface area contributed by atoms with Crippen molar-refractivity contribution in [1.29, 1.82) is 0 Å². The molecule has 112 valence electrons. The highest BCUT2D eigenvalue weighted by Gasteiger charge is 2.26. The Labute approximate surface area is 121 Å². The third-order valence-corrected chi connectivity index (χ3v) is 4.19. The molecule has 2 unspecified atom stereocenters. The SMILES string of the molecule is CCC1CCCC(c2noc(CC(=O)CC(C)C)n2)C1. The topological polar surface area (TPSA) is 56.0 Å². The molecule has 4 nitrogen and oxygen atoms in total. The second-order valence-electron chi connectivity index (χ2n) is 6.50. The molecule has 0 saturated heterocycles. The molecule has 0 spiro atoms. The number of hydrogen-bond donors (Lipinski definition) is 0. The lowest BCUT2D eigenvalue weighted by molar-refractivity contribution is -0.119. The van der Waals surface area contributed by atoms with E-state index in [1.165, 1.54) is 19.3 Å². The highest BCUT2D eigenvalue weighted by atomic mass is 16.5. The second-order valence-corrected chi connectivity index (χ2v) is 6.50. The minimum atomic E-state index is 0.185. The first-order valence-corrected chi connectivity index (χ1v) is 7.92. The molecule has 0 radical (unpaired) electrons. The smallest absolute Gasteiger partial charge is 0.234 e. The van der Waals surface area contributed by atoms with Crippen molar-refractivity contribution in [2.75, 3.05) is 0 Å². The molecule has 0 bridgehead atoms. The highest BCUT2D eigenvalue weighted by Crippen LogP contribution is 2.36. The Balaban J connectivity index is 1.93. The molecule has 0 N–H and O–H groups in total. The Kier molecular flexibility index (Phi) is 5.32. The summed E-state index contributed by atoms with van der Waals surface area (Å²) in [6.45, 7) is 6.34. The molecule has 1 aromatic rings. The van der Waals surface area contributed by atoms with Crippen LogP contribution in [0.25, 0.3) is 0 Å². The van der Waals surface area contributed by atoms with Crippen molar-refractivity contribution in [1.82, 2.24) is 10.1 Å². The lowest BCUT2D eigenvalue weighted by atomic mass is 9.80. The Hall–Kier alpha value is -1.19. The highest BCUT2D eigenvalue weighted by molar-refractivity contribution is 5.80. The summed E-state index contributed by atoms with van der Waals surface area (Å²) >= 11 is 0. The second kappa shape index (κ2) is 7.00. The molecule has 1 saturated carbocycles. The molecular formula is C16H26N2O2. The molecule has 1 aromatic heterocycles. The molecule has 0 amide bonds. The van der Waals surface area contributed by atoms with Crippen LogP contribution in [0.1, 0.15) is 76.9 Å². The van der Waals surface area contributed by atoms with E-state index in [2.05, 4.69) is 17.1 Å². The Morgan fingerprint density at radius 2 is 2.20 bits per heavy atom.